The smallest absolute Gasteiger partial charge is 0.321 e. The van der Waals surface area contributed by atoms with Gasteiger partial charge in [0.1, 0.15) is 6.04 Å². The fourth-order valence-electron chi connectivity index (χ4n) is 0.949. The van der Waals surface area contributed by atoms with Crippen LogP contribution in [0.15, 0.2) is 12.4 Å². The Morgan fingerprint density at radius 1 is 1.59 bits per heavy atom. The van der Waals surface area contributed by atoms with Crippen molar-refractivity contribution in [2.45, 2.75) is 12.5 Å². The molecule has 1 aromatic heterocycles. The van der Waals surface area contributed by atoms with E-state index >= 15 is 0 Å². The van der Waals surface area contributed by atoms with Crippen molar-refractivity contribution < 1.29 is 14.7 Å². The maximum atomic E-state index is 11.3. The van der Waals surface area contributed by atoms with E-state index < -0.39 is 17.9 Å². The molecule has 1 atom stereocenters. The van der Waals surface area contributed by atoms with Crippen LogP contribution in [0.5, 0.6) is 0 Å². The molecule has 4 N–H and O–H groups in total. The molecule has 0 aromatic carbocycles. The van der Waals surface area contributed by atoms with E-state index in [-0.39, 0.29) is 31.2 Å². The zero-order chi connectivity index (χ0) is 11.4. The lowest BCUT2D eigenvalue weighted by molar-refractivity contribution is -0.140. The van der Waals surface area contributed by atoms with Crippen LogP contribution in [0.2, 0.25) is 0 Å². The van der Waals surface area contributed by atoms with Crippen molar-refractivity contribution in [1.82, 2.24) is 9.55 Å². The number of carboxylic acid groups (broad SMARTS) is 1. The number of anilines is 1. The summed E-state index contributed by atoms with van der Waals surface area (Å²) in [6.07, 6.45) is 2.90. The zero-order valence-electron chi connectivity index (χ0n) is 8.99. The van der Waals surface area contributed by atoms with Crippen LogP contribution in [0.25, 0.3) is 0 Å². The molecule has 1 amide bonds. The Hall–Kier alpha value is -1.31. The Bertz CT molecular complexity index is 383. The summed E-state index contributed by atoms with van der Waals surface area (Å²) in [6, 6.07) is -1.19. The molecule has 1 aromatic rings. The Morgan fingerprint density at radius 3 is 2.59 bits per heavy atom. The summed E-state index contributed by atoms with van der Waals surface area (Å²) in [5.41, 5.74) is 5.20. The van der Waals surface area contributed by atoms with Crippen LogP contribution in [-0.2, 0) is 16.6 Å². The second-order valence-corrected chi connectivity index (χ2v) is 3.06. The summed E-state index contributed by atoms with van der Waals surface area (Å²) in [7, 11) is 1.71. The summed E-state index contributed by atoms with van der Waals surface area (Å²) < 4.78 is 1.60. The normalized spacial score (nSPS) is 10.7. The van der Waals surface area contributed by atoms with Gasteiger partial charge in [0.2, 0.25) is 11.9 Å². The first-order valence-corrected chi connectivity index (χ1v) is 4.26. The number of hydrogen-bond donors (Lipinski definition) is 3. The quantitative estimate of drug-likeness (QED) is 0.721. The summed E-state index contributed by atoms with van der Waals surface area (Å²) in [4.78, 5) is 25.5. The standard InChI is InChI=1S/C8H12N4O3.2ClH/c1-12-3-2-10-8(12)11-6(13)4-5(9)7(14)15;;/h2-3,5H,4,9H2,1H3,(H,14,15)(H,10,11,13);2*1H/t5-;;/m0../s1. The summed E-state index contributed by atoms with van der Waals surface area (Å²) in [5, 5.41) is 10.9. The van der Waals surface area contributed by atoms with Gasteiger partial charge in [0.15, 0.2) is 0 Å². The second-order valence-electron chi connectivity index (χ2n) is 3.06. The molecule has 0 fully saturated rings. The van der Waals surface area contributed by atoms with Crippen molar-refractivity contribution in [3.05, 3.63) is 12.4 Å². The highest BCUT2D eigenvalue weighted by atomic mass is 35.5. The van der Waals surface area contributed by atoms with Crippen LogP contribution in [-0.4, -0.2) is 32.6 Å². The van der Waals surface area contributed by atoms with Crippen LogP contribution in [0.3, 0.4) is 0 Å². The molecule has 0 aliphatic heterocycles. The van der Waals surface area contributed by atoms with E-state index in [0.29, 0.717) is 5.95 Å². The van der Waals surface area contributed by atoms with Crippen molar-refractivity contribution in [1.29, 1.82) is 0 Å². The number of amides is 1. The van der Waals surface area contributed by atoms with Crippen LogP contribution in [0, 0.1) is 0 Å². The highest BCUT2D eigenvalue weighted by Crippen LogP contribution is 2.02. The fourth-order valence-corrected chi connectivity index (χ4v) is 0.949. The van der Waals surface area contributed by atoms with Crippen LogP contribution in [0.1, 0.15) is 6.42 Å². The molecule has 0 bridgehead atoms. The summed E-state index contributed by atoms with van der Waals surface area (Å²) >= 11 is 0. The minimum absolute atomic E-state index is 0. The fraction of sp³-hybridized carbons (Fsp3) is 0.375. The average Bonchev–Trinajstić information content (AvgIpc) is 2.51. The molecule has 0 saturated heterocycles. The third-order valence-electron chi connectivity index (χ3n) is 1.79. The predicted octanol–water partition coefficient (Wildman–Crippen LogP) is 0.00420. The zero-order valence-corrected chi connectivity index (χ0v) is 10.6. The molecule has 1 rings (SSSR count). The predicted molar refractivity (Wildman–Crippen MR) is 66.6 cm³/mol. The molecular weight excluding hydrogens is 271 g/mol. The number of nitrogens with zero attached hydrogens (tertiary/aromatic N) is 2. The van der Waals surface area contributed by atoms with Crippen molar-refractivity contribution in [2.75, 3.05) is 5.32 Å². The number of nitrogens with two attached hydrogens (primary N) is 1. The number of nitrogens with one attached hydrogen (secondary N) is 1. The first kappa shape index (κ1) is 18.1. The van der Waals surface area contributed by atoms with Crippen LogP contribution in [0.4, 0.5) is 5.95 Å². The number of carbonyl (C=O) groups is 2. The topological polar surface area (TPSA) is 110 Å². The maximum Gasteiger partial charge on any atom is 0.321 e. The molecule has 1 heterocycles. The van der Waals surface area contributed by atoms with E-state index in [1.807, 2.05) is 0 Å². The molecule has 98 valence electrons. The number of halogens is 2. The molecule has 0 radical (unpaired) electrons. The SMILES string of the molecule is Cl.Cl.Cn1ccnc1NC(=O)C[C@H](N)C(=O)O. The molecule has 0 aliphatic carbocycles. The van der Waals surface area contributed by atoms with Gasteiger partial charge in [-0.1, -0.05) is 0 Å². The van der Waals surface area contributed by atoms with Crippen LogP contribution < -0.4 is 11.1 Å². The van der Waals surface area contributed by atoms with E-state index in [2.05, 4.69) is 10.3 Å². The van der Waals surface area contributed by atoms with E-state index in [9.17, 15) is 9.59 Å². The van der Waals surface area contributed by atoms with Gasteiger partial charge in [-0.2, -0.15) is 0 Å². The van der Waals surface area contributed by atoms with E-state index in [1.54, 1.807) is 17.8 Å². The number of aliphatic carboxylic acids is 1. The largest absolute Gasteiger partial charge is 0.480 e. The molecule has 0 saturated carbocycles. The molecule has 0 unspecified atom stereocenters. The lowest BCUT2D eigenvalue weighted by atomic mass is 10.2. The van der Waals surface area contributed by atoms with Gasteiger partial charge >= 0.3 is 5.97 Å². The Kier molecular flexibility index (Phi) is 8.38. The number of imidazole rings is 1. The summed E-state index contributed by atoms with van der Waals surface area (Å²) in [5.74, 6) is -1.32. The number of rotatable bonds is 4. The van der Waals surface area contributed by atoms with E-state index in [4.69, 9.17) is 10.8 Å². The van der Waals surface area contributed by atoms with Gasteiger partial charge in [0, 0.05) is 19.4 Å². The molecule has 7 nitrogen and oxygen atoms in total. The summed E-state index contributed by atoms with van der Waals surface area (Å²) in [6.45, 7) is 0. The van der Waals surface area contributed by atoms with E-state index in [0.717, 1.165) is 0 Å². The Balaban J connectivity index is 0. The number of aromatic nitrogens is 2. The third-order valence-corrected chi connectivity index (χ3v) is 1.79. The molecule has 17 heavy (non-hydrogen) atoms. The Labute approximate surface area is 110 Å². The van der Waals surface area contributed by atoms with Gasteiger partial charge in [-0.25, -0.2) is 4.98 Å². The molecule has 0 aliphatic rings. The Morgan fingerprint density at radius 2 is 2.18 bits per heavy atom. The lowest BCUT2D eigenvalue weighted by Gasteiger charge is -2.07. The van der Waals surface area contributed by atoms with Crippen molar-refractivity contribution in [3.8, 4) is 0 Å². The molecular formula is C8H14Cl2N4O3. The first-order valence-electron chi connectivity index (χ1n) is 4.26. The lowest BCUT2D eigenvalue weighted by Crippen LogP contribution is -2.34. The second kappa shape index (κ2) is 7.88. The minimum atomic E-state index is -1.20. The van der Waals surface area contributed by atoms with Gasteiger partial charge in [0.25, 0.3) is 0 Å². The number of carboxylic acids is 1. The monoisotopic (exact) mass is 284 g/mol. The van der Waals surface area contributed by atoms with Crippen molar-refractivity contribution in [2.24, 2.45) is 12.8 Å². The highest BCUT2D eigenvalue weighted by molar-refractivity contribution is 5.92. The van der Waals surface area contributed by atoms with Crippen LogP contribution >= 0.6 is 24.8 Å². The molecule has 9 heteroatoms. The van der Waals surface area contributed by atoms with Gasteiger partial charge in [-0.3, -0.25) is 14.9 Å². The number of carbonyl (C=O) groups excluding carboxylic acids is 1. The van der Waals surface area contributed by atoms with Crippen molar-refractivity contribution in [3.63, 3.8) is 0 Å². The maximum absolute atomic E-state index is 11.3. The average molecular weight is 285 g/mol. The van der Waals surface area contributed by atoms with Crippen molar-refractivity contribution >= 4 is 42.6 Å². The van der Waals surface area contributed by atoms with E-state index in [1.165, 1.54) is 6.20 Å². The minimum Gasteiger partial charge on any atom is -0.480 e. The van der Waals surface area contributed by atoms with Gasteiger partial charge < -0.3 is 15.4 Å². The van der Waals surface area contributed by atoms with Gasteiger partial charge in [-0.05, 0) is 0 Å². The highest BCUT2D eigenvalue weighted by Gasteiger charge is 2.16. The molecule has 0 spiro atoms. The number of hydrogen-bond acceptors (Lipinski definition) is 4. The van der Waals surface area contributed by atoms with Gasteiger partial charge in [0.05, 0.1) is 6.42 Å². The first-order chi connectivity index (χ1) is 7.00. The third kappa shape index (κ3) is 5.53. The number of aryl methyl sites for hydroxylation is 1. The van der Waals surface area contributed by atoms with Gasteiger partial charge in [-0.15, -0.1) is 24.8 Å².